The van der Waals surface area contributed by atoms with Crippen molar-refractivity contribution in [1.29, 1.82) is 0 Å². The molecule has 3 unspecified atom stereocenters. The molecule has 3 heterocycles. The molecule has 2 aromatic rings. The van der Waals surface area contributed by atoms with Gasteiger partial charge in [-0.15, -0.1) is 0 Å². The SMILES string of the molecule is CC(I)C(C)(NC(=O)c1nc2ccccc2n(C2C[C@H]3CC[C@@H](C2)N3C2CCCCCCC2)c1=O)C(=O)O. The maximum absolute atomic E-state index is 13.9. The van der Waals surface area contributed by atoms with Crippen molar-refractivity contribution < 1.29 is 14.7 Å². The van der Waals surface area contributed by atoms with E-state index < -0.39 is 26.9 Å². The van der Waals surface area contributed by atoms with Crippen LogP contribution in [0.4, 0.5) is 0 Å². The first-order valence-electron chi connectivity index (χ1n) is 14.2. The topological polar surface area (TPSA) is 105 Å². The molecule has 5 atom stereocenters. The molecule has 9 heteroatoms. The highest BCUT2D eigenvalue weighted by Crippen LogP contribution is 2.44. The number of hydrogen-bond acceptors (Lipinski definition) is 5. The van der Waals surface area contributed by atoms with Gasteiger partial charge in [0.05, 0.1) is 11.0 Å². The standard InChI is InChI=1S/C29H39IN4O4/c1-18(30)29(2,28(37)38)32-26(35)25-27(36)34(24-13-9-8-12-23(24)31-25)22-16-20-14-15-21(17-22)33(20)19-10-6-4-3-5-7-11-19/h8-9,12-13,18-22H,3-7,10-11,14-17H2,1-2H3,(H,32,35)(H,37,38)/t18?,20-,21+,22?,29?. The molecule has 1 amide bonds. The van der Waals surface area contributed by atoms with E-state index in [9.17, 15) is 19.5 Å². The van der Waals surface area contributed by atoms with Crippen LogP contribution in [-0.4, -0.2) is 59.0 Å². The van der Waals surface area contributed by atoms with Gasteiger partial charge in [0.2, 0.25) is 0 Å². The van der Waals surface area contributed by atoms with E-state index in [-0.39, 0.29) is 11.7 Å². The Morgan fingerprint density at radius 1 is 1.00 bits per heavy atom. The second-order valence-corrected chi connectivity index (χ2v) is 13.5. The molecule has 206 valence electrons. The van der Waals surface area contributed by atoms with Crippen LogP contribution in [0.2, 0.25) is 0 Å². The lowest BCUT2D eigenvalue weighted by atomic mass is 9.89. The van der Waals surface area contributed by atoms with Crippen molar-refractivity contribution in [1.82, 2.24) is 19.8 Å². The number of rotatable bonds is 6. The number of hydrogen-bond donors (Lipinski definition) is 2. The van der Waals surface area contributed by atoms with E-state index in [4.69, 9.17) is 0 Å². The number of para-hydroxylation sites is 2. The third kappa shape index (κ3) is 5.12. The van der Waals surface area contributed by atoms with Crippen molar-refractivity contribution in [2.75, 3.05) is 0 Å². The van der Waals surface area contributed by atoms with E-state index in [2.05, 4.69) is 15.2 Å². The Labute approximate surface area is 237 Å². The van der Waals surface area contributed by atoms with Gasteiger partial charge in [-0.3, -0.25) is 14.5 Å². The minimum absolute atomic E-state index is 0.0152. The van der Waals surface area contributed by atoms with Crippen molar-refractivity contribution in [2.24, 2.45) is 0 Å². The lowest BCUT2D eigenvalue weighted by molar-refractivity contribution is -0.143. The maximum atomic E-state index is 13.9. The van der Waals surface area contributed by atoms with Crippen LogP contribution in [0.5, 0.6) is 0 Å². The molecule has 8 nitrogen and oxygen atoms in total. The lowest BCUT2D eigenvalue weighted by Gasteiger charge is -2.45. The number of benzene rings is 1. The number of amides is 1. The van der Waals surface area contributed by atoms with E-state index >= 15 is 0 Å². The molecule has 2 bridgehead atoms. The van der Waals surface area contributed by atoms with Crippen LogP contribution < -0.4 is 10.9 Å². The second kappa shape index (κ2) is 11.2. The van der Waals surface area contributed by atoms with Crippen LogP contribution in [-0.2, 0) is 4.79 Å². The first kappa shape index (κ1) is 27.6. The minimum Gasteiger partial charge on any atom is -0.479 e. The number of carbonyl (C=O) groups excluding carboxylic acids is 1. The number of aliphatic carboxylic acids is 1. The van der Waals surface area contributed by atoms with Crippen molar-refractivity contribution >= 4 is 45.5 Å². The van der Waals surface area contributed by atoms with Gasteiger partial charge in [-0.05, 0) is 57.6 Å². The van der Waals surface area contributed by atoms with Crippen molar-refractivity contribution in [3.05, 3.63) is 40.3 Å². The Morgan fingerprint density at radius 3 is 2.21 bits per heavy atom. The quantitative estimate of drug-likeness (QED) is 0.340. The van der Waals surface area contributed by atoms with E-state index in [1.807, 2.05) is 46.9 Å². The van der Waals surface area contributed by atoms with Crippen molar-refractivity contribution in [2.45, 2.75) is 118 Å². The average Bonchev–Trinajstić information content (AvgIpc) is 3.11. The third-order valence-corrected chi connectivity index (χ3v) is 10.5. The smallest absolute Gasteiger partial charge is 0.330 e. The van der Waals surface area contributed by atoms with Gasteiger partial charge in [-0.1, -0.05) is 73.8 Å². The Hall–Kier alpha value is -2.01. The molecule has 1 aromatic carbocycles. The molecule has 0 radical (unpaired) electrons. The summed E-state index contributed by atoms with van der Waals surface area (Å²) in [5.41, 5.74) is -0.876. The molecule has 3 fully saturated rings. The second-order valence-electron chi connectivity index (χ2n) is 11.7. The molecule has 2 saturated heterocycles. The first-order valence-corrected chi connectivity index (χ1v) is 15.4. The van der Waals surface area contributed by atoms with Crippen LogP contribution in [0, 0.1) is 0 Å². The molecule has 1 saturated carbocycles. The van der Waals surface area contributed by atoms with Gasteiger partial charge >= 0.3 is 5.97 Å². The number of fused-ring (bicyclic) bond motifs is 3. The Bertz CT molecular complexity index is 1240. The van der Waals surface area contributed by atoms with Gasteiger partial charge in [0.25, 0.3) is 11.5 Å². The predicted octanol–water partition coefficient (Wildman–Crippen LogP) is 5.07. The number of alkyl halides is 1. The van der Waals surface area contributed by atoms with Gasteiger partial charge in [0, 0.05) is 28.1 Å². The number of piperidine rings is 1. The summed E-state index contributed by atoms with van der Waals surface area (Å²) in [5, 5.41) is 12.4. The predicted molar refractivity (Wildman–Crippen MR) is 156 cm³/mol. The minimum atomic E-state index is -1.52. The highest BCUT2D eigenvalue weighted by Gasteiger charge is 2.45. The summed E-state index contributed by atoms with van der Waals surface area (Å²) < 4.78 is 1.39. The van der Waals surface area contributed by atoms with Crippen LogP contribution in [0.3, 0.4) is 0 Å². The van der Waals surface area contributed by atoms with Gasteiger partial charge in [0.1, 0.15) is 5.54 Å². The Balaban J connectivity index is 1.48. The van der Waals surface area contributed by atoms with Crippen molar-refractivity contribution in [3.63, 3.8) is 0 Å². The van der Waals surface area contributed by atoms with Crippen molar-refractivity contribution in [3.8, 4) is 0 Å². The van der Waals surface area contributed by atoms with Crippen LogP contribution in [0.25, 0.3) is 11.0 Å². The van der Waals surface area contributed by atoms with E-state index in [0.29, 0.717) is 23.6 Å². The zero-order chi connectivity index (χ0) is 27.0. The summed E-state index contributed by atoms with van der Waals surface area (Å²) in [4.78, 5) is 46.5. The number of nitrogens with one attached hydrogen (secondary N) is 1. The van der Waals surface area contributed by atoms with Crippen LogP contribution in [0.1, 0.15) is 101 Å². The molecule has 1 aromatic heterocycles. The summed E-state index contributed by atoms with van der Waals surface area (Å²) in [6.07, 6.45) is 13.3. The largest absolute Gasteiger partial charge is 0.479 e. The zero-order valence-corrected chi connectivity index (χ0v) is 24.5. The third-order valence-electron chi connectivity index (χ3n) is 9.25. The monoisotopic (exact) mass is 634 g/mol. The summed E-state index contributed by atoms with van der Waals surface area (Å²) in [6, 6.07) is 9.01. The van der Waals surface area contributed by atoms with E-state index in [1.54, 1.807) is 11.5 Å². The molecule has 5 rings (SSSR count). The molecule has 3 aliphatic rings. The Morgan fingerprint density at radius 2 is 1.61 bits per heavy atom. The highest BCUT2D eigenvalue weighted by molar-refractivity contribution is 14.1. The summed E-state index contributed by atoms with van der Waals surface area (Å²) in [6.45, 7) is 3.19. The van der Waals surface area contributed by atoms with Crippen LogP contribution in [0.15, 0.2) is 29.1 Å². The zero-order valence-electron chi connectivity index (χ0n) is 22.4. The average molecular weight is 635 g/mol. The fraction of sp³-hybridized carbons (Fsp3) is 0.655. The summed E-state index contributed by atoms with van der Waals surface area (Å²) >= 11 is 1.99. The first-order chi connectivity index (χ1) is 18.2. The number of carboxylic acid groups (broad SMARTS) is 1. The van der Waals surface area contributed by atoms with Crippen LogP contribution >= 0.6 is 22.6 Å². The summed E-state index contributed by atoms with van der Waals surface area (Å²) in [7, 11) is 0. The van der Waals surface area contributed by atoms with Gasteiger partial charge in [-0.2, -0.15) is 0 Å². The fourth-order valence-corrected chi connectivity index (χ4v) is 7.43. The Kier molecular flexibility index (Phi) is 8.14. The van der Waals surface area contributed by atoms with Gasteiger partial charge < -0.3 is 15.0 Å². The molecule has 0 spiro atoms. The highest BCUT2D eigenvalue weighted by atomic mass is 127. The molecular formula is C29H39IN4O4. The number of nitrogens with zero attached hydrogens (tertiary/aromatic N) is 3. The van der Waals surface area contributed by atoms with E-state index in [0.717, 1.165) is 31.2 Å². The van der Waals surface area contributed by atoms with Gasteiger partial charge in [0.15, 0.2) is 5.69 Å². The molecule has 1 aliphatic carbocycles. The number of halogens is 1. The fourth-order valence-electron chi connectivity index (χ4n) is 7.01. The molecule has 38 heavy (non-hydrogen) atoms. The lowest BCUT2D eigenvalue weighted by Crippen LogP contribution is -2.58. The normalized spacial score (nSPS) is 27.3. The van der Waals surface area contributed by atoms with E-state index in [1.165, 1.54) is 51.9 Å². The summed E-state index contributed by atoms with van der Waals surface area (Å²) in [5.74, 6) is -1.88. The van der Waals surface area contributed by atoms with Gasteiger partial charge in [-0.25, -0.2) is 9.78 Å². The molecular weight excluding hydrogens is 595 g/mol. The number of carboxylic acids is 1. The molecule has 2 aliphatic heterocycles. The maximum Gasteiger partial charge on any atom is 0.330 e. The molecule has 2 N–H and O–H groups in total. The number of aromatic nitrogens is 2. The number of carbonyl (C=O) groups is 2.